The van der Waals surface area contributed by atoms with Crippen molar-refractivity contribution in [2.45, 2.75) is 6.42 Å². The maximum Gasteiger partial charge on any atom is 0.277 e. The molecule has 0 saturated carbocycles. The Morgan fingerprint density at radius 2 is 2.04 bits per heavy atom. The number of ether oxygens (including phenoxy) is 1. The zero-order chi connectivity index (χ0) is 19.7. The number of halogens is 2. The maximum atomic E-state index is 14.2. The van der Waals surface area contributed by atoms with E-state index in [1.807, 2.05) is 0 Å². The Morgan fingerprint density at radius 1 is 1.30 bits per heavy atom. The van der Waals surface area contributed by atoms with Crippen LogP contribution < -0.4 is 10.4 Å². The molecule has 0 spiro atoms. The summed E-state index contributed by atoms with van der Waals surface area (Å²) in [5, 5.41) is 12.1. The molecule has 1 aliphatic heterocycles. The first-order valence-corrected chi connectivity index (χ1v) is 8.63. The first kappa shape index (κ1) is 19.2. The van der Waals surface area contributed by atoms with E-state index < -0.39 is 22.9 Å². The van der Waals surface area contributed by atoms with E-state index in [4.69, 9.17) is 16.3 Å². The van der Waals surface area contributed by atoms with E-state index >= 15 is 0 Å². The number of aromatic hydroxyl groups is 1. The molecule has 144 valence electrons. The largest absolute Gasteiger partial charge is 0.502 e. The molecule has 1 aromatic heterocycles. The lowest BCUT2D eigenvalue weighted by Crippen LogP contribution is -2.53. The number of benzene rings is 1. The van der Waals surface area contributed by atoms with Crippen LogP contribution in [-0.4, -0.2) is 54.6 Å². The molecular formula is C18H19ClFN3O4. The summed E-state index contributed by atoms with van der Waals surface area (Å²) in [6.45, 7) is 1.06. The van der Waals surface area contributed by atoms with Crippen LogP contribution in [-0.2, 0) is 11.2 Å². The van der Waals surface area contributed by atoms with Crippen LogP contribution in [0.4, 0.5) is 4.39 Å². The summed E-state index contributed by atoms with van der Waals surface area (Å²) in [4.78, 5) is 26.4. The van der Waals surface area contributed by atoms with E-state index in [0.29, 0.717) is 13.2 Å². The van der Waals surface area contributed by atoms with Gasteiger partial charge in [0.15, 0.2) is 11.4 Å². The molecule has 0 fully saturated rings. The van der Waals surface area contributed by atoms with Crippen LogP contribution in [0.3, 0.4) is 0 Å². The Morgan fingerprint density at radius 3 is 2.74 bits per heavy atom. The Balaban J connectivity index is 2.10. The minimum atomic E-state index is -0.712. The number of methoxy groups -OCH3 is 1. The summed E-state index contributed by atoms with van der Waals surface area (Å²) >= 11 is 5.80. The number of amides is 1. The molecule has 1 aromatic carbocycles. The van der Waals surface area contributed by atoms with Gasteiger partial charge in [-0.05, 0) is 11.6 Å². The molecule has 2 aromatic rings. The second kappa shape index (κ2) is 7.58. The smallest absolute Gasteiger partial charge is 0.277 e. The normalized spacial score (nSPS) is 13.9. The van der Waals surface area contributed by atoms with Gasteiger partial charge >= 0.3 is 0 Å². The van der Waals surface area contributed by atoms with E-state index in [-0.39, 0.29) is 34.9 Å². The summed E-state index contributed by atoms with van der Waals surface area (Å²) < 4.78 is 20.7. The van der Waals surface area contributed by atoms with Crippen LogP contribution in [0.1, 0.15) is 21.6 Å². The first-order chi connectivity index (χ1) is 12.8. The minimum absolute atomic E-state index is 0.0479. The Labute approximate surface area is 160 Å². The summed E-state index contributed by atoms with van der Waals surface area (Å²) in [7, 11) is 3.13. The molecular weight excluding hydrogens is 377 g/mol. The molecule has 0 saturated heterocycles. The molecule has 0 atom stereocenters. The molecule has 27 heavy (non-hydrogen) atoms. The highest BCUT2D eigenvalue weighted by atomic mass is 35.5. The fraction of sp³-hybridized carbons (Fsp3) is 0.333. The van der Waals surface area contributed by atoms with Crippen LogP contribution >= 0.6 is 11.6 Å². The van der Waals surface area contributed by atoms with E-state index in [2.05, 4.69) is 0 Å². The lowest BCUT2D eigenvalue weighted by atomic mass is 10.0. The third kappa shape index (κ3) is 3.50. The van der Waals surface area contributed by atoms with Gasteiger partial charge in [0.2, 0.25) is 5.43 Å². The molecule has 9 heteroatoms. The highest BCUT2D eigenvalue weighted by Gasteiger charge is 2.31. The van der Waals surface area contributed by atoms with Gasteiger partial charge in [-0.25, -0.2) is 4.39 Å². The number of fused-ring (bicyclic) bond motifs is 1. The van der Waals surface area contributed by atoms with Crippen LogP contribution in [0.25, 0.3) is 0 Å². The van der Waals surface area contributed by atoms with Crippen LogP contribution in [0.2, 0.25) is 5.02 Å². The van der Waals surface area contributed by atoms with Crippen LogP contribution in [0.5, 0.6) is 5.75 Å². The molecule has 0 unspecified atom stereocenters. The summed E-state index contributed by atoms with van der Waals surface area (Å²) in [6, 6.07) is 4.52. The predicted molar refractivity (Wildman–Crippen MR) is 98.5 cm³/mol. The highest BCUT2D eigenvalue weighted by molar-refractivity contribution is 6.30. The standard InChI is InChI=1S/C18H19ClFN3O4/c1-21-10-22(6-7-27-2)23-9-12(16(24)17(25)15(23)18(21)26)8-11-4-3-5-13(19)14(11)20/h3-5,9,25H,6-8,10H2,1-2H3. The zero-order valence-electron chi connectivity index (χ0n) is 14.9. The van der Waals surface area contributed by atoms with Gasteiger partial charge in [0.25, 0.3) is 5.91 Å². The quantitative estimate of drug-likeness (QED) is 0.831. The van der Waals surface area contributed by atoms with Crippen LogP contribution in [0, 0.1) is 5.82 Å². The van der Waals surface area contributed by atoms with Crippen LogP contribution in [0.15, 0.2) is 29.2 Å². The molecule has 1 amide bonds. The van der Waals surface area contributed by atoms with Crippen molar-refractivity contribution in [2.24, 2.45) is 0 Å². The van der Waals surface area contributed by atoms with Crippen molar-refractivity contribution in [3.63, 3.8) is 0 Å². The lowest BCUT2D eigenvalue weighted by molar-refractivity contribution is 0.0724. The first-order valence-electron chi connectivity index (χ1n) is 8.25. The minimum Gasteiger partial charge on any atom is -0.502 e. The van der Waals surface area contributed by atoms with E-state index in [1.165, 1.54) is 27.9 Å². The Hall–Kier alpha value is -2.58. The van der Waals surface area contributed by atoms with Crippen molar-refractivity contribution in [3.05, 3.63) is 62.3 Å². The molecule has 7 nitrogen and oxygen atoms in total. The molecule has 2 heterocycles. The fourth-order valence-corrected chi connectivity index (χ4v) is 3.20. The van der Waals surface area contributed by atoms with Gasteiger partial charge in [-0.15, -0.1) is 0 Å². The van der Waals surface area contributed by atoms with E-state index in [9.17, 15) is 19.1 Å². The number of pyridine rings is 1. The average molecular weight is 396 g/mol. The fourth-order valence-electron chi connectivity index (χ4n) is 3.01. The second-order valence-corrected chi connectivity index (χ2v) is 6.69. The van der Waals surface area contributed by atoms with Gasteiger partial charge in [-0.3, -0.25) is 19.3 Å². The number of carbonyl (C=O) groups is 1. The molecule has 1 aliphatic rings. The Kier molecular flexibility index (Phi) is 5.38. The van der Waals surface area contributed by atoms with Gasteiger partial charge in [-0.1, -0.05) is 23.7 Å². The van der Waals surface area contributed by atoms with Crippen molar-refractivity contribution in [1.82, 2.24) is 9.58 Å². The topological polar surface area (TPSA) is 75.0 Å². The maximum absolute atomic E-state index is 14.2. The SMILES string of the molecule is COCCN1CN(C)C(=O)c2c(O)c(=O)c(Cc3cccc(Cl)c3F)cn21. The number of hydrogen-bond acceptors (Lipinski definition) is 5. The van der Waals surface area contributed by atoms with Crippen molar-refractivity contribution >= 4 is 17.5 Å². The summed E-state index contributed by atoms with van der Waals surface area (Å²) in [5.41, 5.74) is -0.462. The molecule has 3 rings (SSSR count). The van der Waals surface area contributed by atoms with Gasteiger partial charge in [0.1, 0.15) is 12.5 Å². The van der Waals surface area contributed by atoms with E-state index in [1.54, 1.807) is 25.2 Å². The predicted octanol–water partition coefficient (Wildman–Crippen LogP) is 1.56. The van der Waals surface area contributed by atoms with Gasteiger partial charge < -0.3 is 14.7 Å². The monoisotopic (exact) mass is 395 g/mol. The summed E-state index contributed by atoms with van der Waals surface area (Å²) in [6.07, 6.45) is 1.39. The lowest BCUT2D eigenvalue weighted by Gasteiger charge is -2.38. The van der Waals surface area contributed by atoms with Crippen molar-refractivity contribution in [2.75, 3.05) is 39.0 Å². The number of rotatable bonds is 5. The second-order valence-electron chi connectivity index (χ2n) is 6.28. The third-order valence-corrected chi connectivity index (χ3v) is 4.73. The number of hydrogen-bond donors (Lipinski definition) is 1. The van der Waals surface area contributed by atoms with Crippen molar-refractivity contribution in [1.29, 1.82) is 0 Å². The molecule has 1 N–H and O–H groups in total. The molecule has 0 aliphatic carbocycles. The Bertz CT molecular complexity index is 947. The van der Waals surface area contributed by atoms with Gasteiger partial charge in [0.05, 0.1) is 18.2 Å². The highest BCUT2D eigenvalue weighted by Crippen LogP contribution is 2.23. The summed E-state index contributed by atoms with van der Waals surface area (Å²) in [5.74, 6) is -1.75. The number of aromatic nitrogens is 1. The average Bonchev–Trinajstić information content (AvgIpc) is 2.64. The number of carbonyl (C=O) groups excluding carboxylic acids is 1. The van der Waals surface area contributed by atoms with Gasteiger partial charge in [0, 0.05) is 32.3 Å². The third-order valence-electron chi connectivity index (χ3n) is 4.43. The molecule has 0 bridgehead atoms. The van der Waals surface area contributed by atoms with E-state index in [0.717, 1.165) is 0 Å². The number of nitrogens with zero attached hydrogens (tertiary/aromatic N) is 3. The zero-order valence-corrected chi connectivity index (χ0v) is 15.7. The van der Waals surface area contributed by atoms with Crippen molar-refractivity contribution in [3.8, 4) is 5.75 Å². The van der Waals surface area contributed by atoms with Gasteiger partial charge in [-0.2, -0.15) is 0 Å². The van der Waals surface area contributed by atoms with Crippen molar-refractivity contribution < 1.29 is 19.0 Å². The molecule has 0 radical (unpaired) electrons.